The van der Waals surface area contributed by atoms with E-state index in [-0.39, 0.29) is 41.7 Å². The average molecular weight is 610 g/mol. The van der Waals surface area contributed by atoms with Crippen LogP contribution < -0.4 is 10.7 Å². The highest BCUT2D eigenvalue weighted by molar-refractivity contribution is 7.91. The molecule has 4 N–H and O–H groups in total. The first-order chi connectivity index (χ1) is 20.7. The molecule has 0 spiro atoms. The smallest absolute Gasteiger partial charge is 0.306 e. The number of hydrazine groups is 1. The normalized spacial score (nSPS) is 16.8. The maximum atomic E-state index is 14.0. The highest BCUT2D eigenvalue weighted by Gasteiger charge is 2.37. The lowest BCUT2D eigenvalue weighted by molar-refractivity contribution is -0.151. The molecule has 12 heteroatoms. The van der Waals surface area contributed by atoms with Crippen molar-refractivity contribution in [3.63, 3.8) is 0 Å². The number of hydrogen-bond donors (Lipinski definition) is 4. The van der Waals surface area contributed by atoms with E-state index in [4.69, 9.17) is 0 Å². The lowest BCUT2D eigenvalue weighted by atomic mass is 9.85. The minimum Gasteiger partial charge on any atom is -0.481 e. The summed E-state index contributed by atoms with van der Waals surface area (Å²) in [5, 5.41) is 14.1. The van der Waals surface area contributed by atoms with E-state index in [2.05, 4.69) is 20.7 Å². The molecule has 2 aromatic carbocycles. The monoisotopic (exact) mass is 609 g/mol. The number of aromatic amines is 1. The molecule has 0 bridgehead atoms. The Morgan fingerprint density at radius 2 is 1.81 bits per heavy atom. The Morgan fingerprint density at radius 1 is 1.07 bits per heavy atom. The summed E-state index contributed by atoms with van der Waals surface area (Å²) in [5.74, 6) is -3.56. The van der Waals surface area contributed by atoms with Crippen LogP contribution in [-0.2, 0) is 30.6 Å². The largest absolute Gasteiger partial charge is 0.481 e. The number of imidazole rings is 1. The molecule has 230 valence electrons. The first-order valence-electron chi connectivity index (χ1n) is 14.6. The van der Waals surface area contributed by atoms with Gasteiger partial charge in [0.1, 0.15) is 6.04 Å². The molecule has 1 aromatic heterocycles. The van der Waals surface area contributed by atoms with Crippen molar-refractivity contribution in [2.75, 3.05) is 19.3 Å². The molecule has 3 aromatic rings. The zero-order chi connectivity index (χ0) is 30.8. The molecular formula is C31H39N5O6S. The predicted octanol–water partition coefficient (Wildman–Crippen LogP) is 3.21. The number of aromatic nitrogens is 2. The second-order valence-electron chi connectivity index (χ2n) is 10.8. The van der Waals surface area contributed by atoms with Crippen molar-refractivity contribution in [3.05, 3.63) is 72.7 Å². The number of carbonyl (C=O) groups is 3. The molecule has 1 saturated heterocycles. The number of carboxylic acids is 1. The molecule has 43 heavy (non-hydrogen) atoms. The van der Waals surface area contributed by atoms with Gasteiger partial charge in [-0.1, -0.05) is 42.5 Å². The van der Waals surface area contributed by atoms with Gasteiger partial charge in [0, 0.05) is 25.1 Å². The van der Waals surface area contributed by atoms with E-state index in [1.165, 1.54) is 24.2 Å². The van der Waals surface area contributed by atoms with Crippen LogP contribution in [0.5, 0.6) is 0 Å². The van der Waals surface area contributed by atoms with Crippen LogP contribution in [0, 0.1) is 11.8 Å². The number of nitrogens with zero attached hydrogens (tertiary/aromatic N) is 2. The lowest BCUT2D eigenvalue weighted by Gasteiger charge is -2.37. The Labute approximate surface area is 252 Å². The summed E-state index contributed by atoms with van der Waals surface area (Å²) in [5.41, 5.74) is 5.80. The van der Waals surface area contributed by atoms with Crippen molar-refractivity contribution in [1.29, 1.82) is 0 Å². The molecule has 0 unspecified atom stereocenters. The number of benzene rings is 2. The fraction of sp³-hybridized carbons (Fsp3) is 0.419. The maximum absolute atomic E-state index is 14.0. The van der Waals surface area contributed by atoms with Crippen LogP contribution in [0.15, 0.2) is 72.0 Å². The number of hydrogen-bond acceptors (Lipinski definition) is 7. The number of amides is 2. The van der Waals surface area contributed by atoms with Crippen LogP contribution in [0.4, 0.5) is 0 Å². The van der Waals surface area contributed by atoms with Crippen molar-refractivity contribution >= 4 is 27.6 Å². The van der Waals surface area contributed by atoms with Gasteiger partial charge in [-0.05, 0) is 62.6 Å². The van der Waals surface area contributed by atoms with Gasteiger partial charge in [-0.3, -0.25) is 19.4 Å². The molecule has 1 fully saturated rings. The Hall–Kier alpha value is -4.03. The van der Waals surface area contributed by atoms with Crippen LogP contribution >= 0.6 is 0 Å². The molecule has 1 aliphatic heterocycles. The van der Waals surface area contributed by atoms with E-state index in [1.807, 2.05) is 24.3 Å². The Balaban J connectivity index is 1.54. The topological polar surface area (TPSA) is 162 Å². The summed E-state index contributed by atoms with van der Waals surface area (Å²) >= 11 is 0. The van der Waals surface area contributed by atoms with Crippen molar-refractivity contribution in [2.45, 2.75) is 55.9 Å². The molecule has 4 rings (SSSR count). The number of nitrogens with one attached hydrogen (secondary N) is 3. The summed E-state index contributed by atoms with van der Waals surface area (Å²) in [6.07, 6.45) is 5.61. The van der Waals surface area contributed by atoms with Crippen LogP contribution in [0.1, 0.15) is 44.1 Å². The fourth-order valence-corrected chi connectivity index (χ4v) is 6.96. The molecule has 2 amide bonds. The Bertz CT molecular complexity index is 1480. The van der Waals surface area contributed by atoms with Crippen LogP contribution in [0.2, 0.25) is 0 Å². The minimum absolute atomic E-state index is 0.0183. The summed E-state index contributed by atoms with van der Waals surface area (Å²) in [4.78, 5) is 46.5. The van der Waals surface area contributed by atoms with E-state index in [0.29, 0.717) is 25.8 Å². The Kier molecular flexibility index (Phi) is 11.1. The standard InChI is InChI=1S/C31H39N5O6S/c1-32-29(37)28-14-7-17-35-36(28)30(38)23(16-15-22-9-5-6-13-26(22)27-20-33-21-34-27)19-24(31(39)40)10-8-18-43(41,42)25-11-3-2-4-12-25/h2-6,9,11-13,20-21,23-24,28,35H,7-8,10,14-19H2,1H3,(H,32,37)(H,33,34)(H,39,40)/t23-,24+,28+/m1/s1. The number of carboxylic acid groups (broad SMARTS) is 1. The van der Waals surface area contributed by atoms with Crippen molar-refractivity contribution in [1.82, 2.24) is 25.7 Å². The second kappa shape index (κ2) is 14.9. The Morgan fingerprint density at radius 3 is 2.51 bits per heavy atom. The van der Waals surface area contributed by atoms with Crippen molar-refractivity contribution in [2.24, 2.45) is 11.8 Å². The lowest BCUT2D eigenvalue weighted by Crippen LogP contribution is -2.59. The van der Waals surface area contributed by atoms with E-state index in [0.717, 1.165) is 23.2 Å². The summed E-state index contributed by atoms with van der Waals surface area (Å²) in [6, 6.07) is 15.1. The summed E-state index contributed by atoms with van der Waals surface area (Å²) in [7, 11) is -2.05. The average Bonchev–Trinajstić information content (AvgIpc) is 3.57. The molecule has 0 radical (unpaired) electrons. The van der Waals surface area contributed by atoms with E-state index >= 15 is 0 Å². The van der Waals surface area contributed by atoms with E-state index < -0.39 is 33.7 Å². The van der Waals surface area contributed by atoms with Crippen LogP contribution in [-0.4, -0.2) is 71.7 Å². The number of aliphatic carboxylic acids is 1. The zero-order valence-corrected chi connectivity index (χ0v) is 25.1. The molecule has 0 aliphatic carbocycles. The van der Waals surface area contributed by atoms with Crippen molar-refractivity contribution in [3.8, 4) is 11.3 Å². The van der Waals surface area contributed by atoms with Gasteiger partial charge < -0.3 is 15.4 Å². The van der Waals surface area contributed by atoms with Crippen molar-refractivity contribution < 1.29 is 27.9 Å². The number of sulfone groups is 1. The van der Waals surface area contributed by atoms with Gasteiger partial charge in [0.25, 0.3) is 0 Å². The second-order valence-corrected chi connectivity index (χ2v) is 12.9. The summed E-state index contributed by atoms with van der Waals surface area (Å²) < 4.78 is 25.6. The highest BCUT2D eigenvalue weighted by Crippen LogP contribution is 2.29. The fourth-order valence-electron chi connectivity index (χ4n) is 5.60. The van der Waals surface area contributed by atoms with Gasteiger partial charge in [0.15, 0.2) is 9.84 Å². The van der Waals surface area contributed by atoms with Gasteiger partial charge >= 0.3 is 5.97 Å². The molecule has 0 saturated carbocycles. The number of H-pyrrole nitrogens is 1. The van der Waals surface area contributed by atoms with Crippen LogP contribution in [0.3, 0.4) is 0 Å². The third-order valence-corrected chi connectivity index (χ3v) is 9.75. The third-order valence-electron chi connectivity index (χ3n) is 7.94. The number of likely N-dealkylation sites (N-methyl/N-ethyl adjacent to an activating group) is 1. The van der Waals surface area contributed by atoms with Gasteiger partial charge in [-0.15, -0.1) is 0 Å². The van der Waals surface area contributed by atoms with Gasteiger partial charge in [0.05, 0.1) is 34.8 Å². The molecule has 3 atom stereocenters. The summed E-state index contributed by atoms with van der Waals surface area (Å²) in [6.45, 7) is 0.522. The van der Waals surface area contributed by atoms with Gasteiger partial charge in [-0.2, -0.15) is 0 Å². The zero-order valence-electron chi connectivity index (χ0n) is 24.2. The first kappa shape index (κ1) is 31.9. The molecular weight excluding hydrogens is 570 g/mol. The SMILES string of the molecule is CNC(=O)[C@@H]1CCCNN1C(=O)[C@H](CCc1ccccc1-c1cnc[nH]1)C[C@H](CCCS(=O)(=O)c1ccccc1)C(=O)O. The number of carbonyl (C=O) groups excluding carboxylic acids is 2. The number of aryl methyl sites for hydroxylation is 1. The minimum atomic E-state index is -3.57. The van der Waals surface area contributed by atoms with Gasteiger partial charge in [0.2, 0.25) is 11.8 Å². The molecule has 11 nitrogen and oxygen atoms in total. The first-order valence-corrected chi connectivity index (χ1v) is 16.2. The molecule has 2 heterocycles. The number of rotatable bonds is 14. The maximum Gasteiger partial charge on any atom is 0.306 e. The van der Waals surface area contributed by atoms with Gasteiger partial charge in [-0.25, -0.2) is 18.8 Å². The van der Waals surface area contributed by atoms with E-state index in [9.17, 15) is 27.9 Å². The highest BCUT2D eigenvalue weighted by atomic mass is 32.2. The molecule has 1 aliphatic rings. The third kappa shape index (κ3) is 8.29. The quantitative estimate of drug-likeness (QED) is 0.217. The predicted molar refractivity (Wildman–Crippen MR) is 161 cm³/mol. The van der Waals surface area contributed by atoms with Crippen LogP contribution in [0.25, 0.3) is 11.3 Å². The van der Waals surface area contributed by atoms with E-state index in [1.54, 1.807) is 30.7 Å².